The van der Waals surface area contributed by atoms with Gasteiger partial charge in [0.05, 0.1) is 12.2 Å². The molecule has 0 bridgehead atoms. The lowest BCUT2D eigenvalue weighted by atomic mass is 10.1. The van der Waals surface area contributed by atoms with Crippen molar-refractivity contribution in [2.24, 2.45) is 0 Å². The summed E-state index contributed by atoms with van der Waals surface area (Å²) >= 11 is 6.04. The minimum Gasteiger partial charge on any atom is -0.410 e. The number of para-hydroxylation sites is 1. The van der Waals surface area contributed by atoms with Crippen LogP contribution in [0, 0.1) is 0 Å². The summed E-state index contributed by atoms with van der Waals surface area (Å²) in [5, 5.41) is 0.396. The van der Waals surface area contributed by atoms with E-state index in [9.17, 15) is 4.79 Å². The SMILES string of the molecule is O=C(Oc1ccccc1)N1CCc2ncnc(Cl)c2C1. The predicted molar refractivity (Wildman–Crippen MR) is 73.6 cm³/mol. The molecule has 1 aromatic heterocycles. The van der Waals surface area contributed by atoms with E-state index in [1.807, 2.05) is 18.2 Å². The fourth-order valence-corrected chi connectivity index (χ4v) is 2.33. The zero-order valence-electron chi connectivity index (χ0n) is 10.6. The van der Waals surface area contributed by atoms with E-state index in [0.717, 1.165) is 11.3 Å². The van der Waals surface area contributed by atoms with Crippen molar-refractivity contribution < 1.29 is 9.53 Å². The van der Waals surface area contributed by atoms with E-state index in [0.29, 0.717) is 30.4 Å². The highest BCUT2D eigenvalue weighted by Crippen LogP contribution is 2.23. The number of aromatic nitrogens is 2. The number of rotatable bonds is 1. The van der Waals surface area contributed by atoms with E-state index in [1.54, 1.807) is 17.0 Å². The average Bonchev–Trinajstić information content (AvgIpc) is 2.48. The number of amides is 1. The van der Waals surface area contributed by atoms with Crippen LogP contribution in [0.4, 0.5) is 4.79 Å². The maximum Gasteiger partial charge on any atom is 0.415 e. The largest absolute Gasteiger partial charge is 0.415 e. The highest BCUT2D eigenvalue weighted by molar-refractivity contribution is 6.30. The Morgan fingerprint density at radius 1 is 1.25 bits per heavy atom. The molecule has 0 saturated heterocycles. The fourth-order valence-electron chi connectivity index (χ4n) is 2.12. The second kappa shape index (κ2) is 5.46. The highest BCUT2D eigenvalue weighted by Gasteiger charge is 2.25. The number of carbonyl (C=O) groups excluding carboxylic acids is 1. The second-order valence-electron chi connectivity index (χ2n) is 4.44. The van der Waals surface area contributed by atoms with Gasteiger partial charge < -0.3 is 9.64 Å². The van der Waals surface area contributed by atoms with Gasteiger partial charge in [-0.1, -0.05) is 29.8 Å². The van der Waals surface area contributed by atoms with Crippen molar-refractivity contribution in [3.8, 4) is 5.75 Å². The molecule has 1 amide bonds. The van der Waals surface area contributed by atoms with Crippen LogP contribution in [0.3, 0.4) is 0 Å². The standard InChI is InChI=1S/C14H12ClN3O2/c15-13-11-8-18(7-6-12(11)16-9-17-13)14(19)20-10-4-2-1-3-5-10/h1-5,9H,6-8H2. The molecule has 0 aliphatic carbocycles. The monoisotopic (exact) mass is 289 g/mol. The Kier molecular flexibility index (Phi) is 3.52. The number of hydrogen-bond donors (Lipinski definition) is 0. The number of ether oxygens (including phenoxy) is 1. The van der Waals surface area contributed by atoms with E-state index in [-0.39, 0.29) is 6.09 Å². The molecule has 2 heterocycles. The van der Waals surface area contributed by atoms with Crippen LogP contribution >= 0.6 is 11.6 Å². The highest BCUT2D eigenvalue weighted by atomic mass is 35.5. The van der Waals surface area contributed by atoms with Gasteiger partial charge in [0.2, 0.25) is 0 Å². The molecule has 3 rings (SSSR count). The van der Waals surface area contributed by atoms with Gasteiger partial charge in [-0.15, -0.1) is 0 Å². The summed E-state index contributed by atoms with van der Waals surface area (Å²) in [6.45, 7) is 0.937. The molecule has 0 atom stereocenters. The van der Waals surface area contributed by atoms with Gasteiger partial charge in [-0.2, -0.15) is 0 Å². The molecule has 1 aromatic carbocycles. The van der Waals surface area contributed by atoms with Gasteiger partial charge in [-0.05, 0) is 12.1 Å². The molecule has 102 valence electrons. The van der Waals surface area contributed by atoms with Crippen LogP contribution in [-0.4, -0.2) is 27.5 Å². The van der Waals surface area contributed by atoms with Gasteiger partial charge in [-0.25, -0.2) is 14.8 Å². The molecule has 0 N–H and O–H groups in total. The maximum absolute atomic E-state index is 12.1. The Morgan fingerprint density at radius 2 is 2.05 bits per heavy atom. The molecule has 1 aliphatic heterocycles. The van der Waals surface area contributed by atoms with Crippen molar-refractivity contribution in [3.63, 3.8) is 0 Å². The van der Waals surface area contributed by atoms with E-state index < -0.39 is 0 Å². The van der Waals surface area contributed by atoms with Crippen molar-refractivity contribution in [1.29, 1.82) is 0 Å². The van der Waals surface area contributed by atoms with E-state index >= 15 is 0 Å². The van der Waals surface area contributed by atoms with Crippen molar-refractivity contribution in [2.75, 3.05) is 6.54 Å². The Labute approximate surface area is 121 Å². The number of carbonyl (C=O) groups is 1. The minimum absolute atomic E-state index is 0.376. The van der Waals surface area contributed by atoms with Crippen molar-refractivity contribution in [3.05, 3.63) is 53.1 Å². The fraction of sp³-hybridized carbons (Fsp3) is 0.214. The van der Waals surface area contributed by atoms with Crippen LogP contribution < -0.4 is 4.74 Å². The van der Waals surface area contributed by atoms with Crippen LogP contribution in [-0.2, 0) is 13.0 Å². The third-order valence-corrected chi connectivity index (χ3v) is 3.48. The van der Waals surface area contributed by atoms with Crippen LogP contribution in [0.25, 0.3) is 0 Å². The molecule has 6 heteroatoms. The van der Waals surface area contributed by atoms with Crippen LogP contribution in [0.5, 0.6) is 5.75 Å². The molecule has 2 aromatic rings. The smallest absolute Gasteiger partial charge is 0.410 e. The molecule has 20 heavy (non-hydrogen) atoms. The van der Waals surface area contributed by atoms with Crippen LogP contribution in [0.2, 0.25) is 5.15 Å². The first-order valence-electron chi connectivity index (χ1n) is 6.24. The second-order valence-corrected chi connectivity index (χ2v) is 4.80. The lowest BCUT2D eigenvalue weighted by molar-refractivity contribution is 0.146. The molecular formula is C14H12ClN3O2. The summed E-state index contributed by atoms with van der Waals surface area (Å²) in [6, 6.07) is 8.99. The zero-order chi connectivity index (χ0) is 13.9. The van der Waals surface area contributed by atoms with E-state index in [1.165, 1.54) is 6.33 Å². The summed E-state index contributed by atoms with van der Waals surface area (Å²) in [7, 11) is 0. The number of benzene rings is 1. The number of nitrogens with zero attached hydrogens (tertiary/aromatic N) is 3. The summed E-state index contributed by atoms with van der Waals surface area (Å²) in [5.41, 5.74) is 1.69. The first-order chi connectivity index (χ1) is 9.74. The Bertz CT molecular complexity index is 634. The van der Waals surface area contributed by atoms with Gasteiger partial charge in [0, 0.05) is 18.5 Å². The number of fused-ring (bicyclic) bond motifs is 1. The Balaban J connectivity index is 1.74. The summed E-state index contributed by atoms with van der Waals surface area (Å²) in [4.78, 5) is 21.8. The third-order valence-electron chi connectivity index (χ3n) is 3.16. The van der Waals surface area contributed by atoms with Crippen molar-refractivity contribution in [2.45, 2.75) is 13.0 Å². The zero-order valence-corrected chi connectivity index (χ0v) is 11.4. The van der Waals surface area contributed by atoms with Crippen molar-refractivity contribution >= 4 is 17.7 Å². The molecule has 5 nitrogen and oxygen atoms in total. The van der Waals surface area contributed by atoms with E-state index in [4.69, 9.17) is 16.3 Å². The van der Waals surface area contributed by atoms with Crippen molar-refractivity contribution in [1.82, 2.24) is 14.9 Å². The molecular weight excluding hydrogens is 278 g/mol. The lowest BCUT2D eigenvalue weighted by Crippen LogP contribution is -2.38. The van der Waals surface area contributed by atoms with Crippen LogP contribution in [0.15, 0.2) is 36.7 Å². The number of halogens is 1. The average molecular weight is 290 g/mol. The molecule has 0 saturated carbocycles. The van der Waals surface area contributed by atoms with Crippen LogP contribution in [0.1, 0.15) is 11.3 Å². The maximum atomic E-state index is 12.1. The van der Waals surface area contributed by atoms with Gasteiger partial charge in [0.1, 0.15) is 17.2 Å². The van der Waals surface area contributed by atoms with E-state index in [2.05, 4.69) is 9.97 Å². The number of hydrogen-bond acceptors (Lipinski definition) is 4. The first kappa shape index (κ1) is 12.9. The lowest BCUT2D eigenvalue weighted by Gasteiger charge is -2.27. The minimum atomic E-state index is -0.387. The van der Waals surface area contributed by atoms with Gasteiger partial charge in [-0.3, -0.25) is 0 Å². The molecule has 0 radical (unpaired) electrons. The molecule has 0 unspecified atom stereocenters. The Hall–Kier alpha value is -2.14. The summed E-state index contributed by atoms with van der Waals surface area (Å²) < 4.78 is 5.31. The first-order valence-corrected chi connectivity index (χ1v) is 6.62. The quantitative estimate of drug-likeness (QED) is 0.758. The molecule has 0 spiro atoms. The predicted octanol–water partition coefficient (Wildman–Crippen LogP) is 2.69. The van der Waals surface area contributed by atoms with Gasteiger partial charge in [0.25, 0.3) is 0 Å². The summed E-state index contributed by atoms with van der Waals surface area (Å²) in [6.07, 6.45) is 1.71. The third kappa shape index (κ3) is 2.58. The topological polar surface area (TPSA) is 55.3 Å². The van der Waals surface area contributed by atoms with Gasteiger partial charge >= 0.3 is 6.09 Å². The van der Waals surface area contributed by atoms with Gasteiger partial charge in [0.15, 0.2) is 0 Å². The molecule has 0 fully saturated rings. The normalized spacial score (nSPS) is 13.8. The molecule has 1 aliphatic rings. The Morgan fingerprint density at radius 3 is 2.85 bits per heavy atom. The summed E-state index contributed by atoms with van der Waals surface area (Å²) in [5.74, 6) is 0.527.